The second-order valence-electron chi connectivity index (χ2n) is 8.96. The van der Waals surface area contributed by atoms with Crippen LogP contribution in [0.5, 0.6) is 0 Å². The molecule has 1 aliphatic heterocycles. The summed E-state index contributed by atoms with van der Waals surface area (Å²) in [6.45, 7) is 4.06. The van der Waals surface area contributed by atoms with Crippen molar-refractivity contribution >= 4 is 39.5 Å². The first-order valence-corrected chi connectivity index (χ1v) is 11.5. The largest absolute Gasteiger partial charge is 0.352 e. The minimum absolute atomic E-state index is 0.193. The van der Waals surface area contributed by atoms with Crippen molar-refractivity contribution in [1.29, 1.82) is 0 Å². The van der Waals surface area contributed by atoms with Crippen molar-refractivity contribution in [3.63, 3.8) is 0 Å². The Bertz CT molecular complexity index is 1380. The molecule has 4 aromatic rings. The zero-order valence-electron chi connectivity index (χ0n) is 19.7. The van der Waals surface area contributed by atoms with E-state index in [1.165, 1.54) is 17.0 Å². The summed E-state index contributed by atoms with van der Waals surface area (Å²) in [5.41, 5.74) is 4.10. The zero-order chi connectivity index (χ0) is 24.5. The van der Waals surface area contributed by atoms with E-state index in [0.29, 0.717) is 12.1 Å². The maximum Gasteiger partial charge on any atom is 0.321 e. The van der Waals surface area contributed by atoms with Crippen LogP contribution in [0, 0.1) is 11.6 Å². The Hall–Kier alpha value is -3.79. The third kappa shape index (κ3) is 4.74. The van der Waals surface area contributed by atoms with E-state index in [-0.39, 0.29) is 6.03 Å². The molecule has 0 spiro atoms. The Kier molecular flexibility index (Phi) is 6.21. The number of aromatic nitrogens is 3. The number of aromatic amines is 1. The fourth-order valence-corrected chi connectivity index (χ4v) is 4.40. The van der Waals surface area contributed by atoms with Crippen molar-refractivity contribution in [2.75, 3.05) is 57.0 Å². The van der Waals surface area contributed by atoms with Gasteiger partial charge in [0, 0.05) is 63.4 Å². The van der Waals surface area contributed by atoms with E-state index in [0.717, 1.165) is 66.0 Å². The van der Waals surface area contributed by atoms with Crippen LogP contribution < -0.4 is 10.2 Å². The van der Waals surface area contributed by atoms with Gasteiger partial charge in [0.05, 0.1) is 0 Å². The zero-order valence-corrected chi connectivity index (χ0v) is 19.7. The van der Waals surface area contributed by atoms with Gasteiger partial charge in [-0.25, -0.2) is 23.5 Å². The van der Waals surface area contributed by atoms with Crippen LogP contribution >= 0.6 is 0 Å². The van der Waals surface area contributed by atoms with Crippen LogP contribution in [-0.2, 0) is 6.42 Å². The molecule has 8 nitrogen and oxygen atoms in total. The lowest BCUT2D eigenvalue weighted by molar-refractivity contribution is 0.230. The highest BCUT2D eigenvalue weighted by Gasteiger charge is 2.22. The fraction of sp³-hybridized carbons (Fsp3) is 0.320. The quantitative estimate of drug-likeness (QED) is 0.455. The molecular weight excluding hydrogens is 452 g/mol. The Labute approximate surface area is 201 Å². The van der Waals surface area contributed by atoms with Crippen molar-refractivity contribution in [3.8, 4) is 0 Å². The number of urea groups is 1. The summed E-state index contributed by atoms with van der Waals surface area (Å²) in [6.07, 6.45) is 2.25. The normalized spacial score (nSPS) is 14.6. The van der Waals surface area contributed by atoms with Crippen LogP contribution in [0.15, 0.2) is 42.7 Å². The summed E-state index contributed by atoms with van der Waals surface area (Å²) in [7, 11) is 3.39. The molecular formula is C25H27F2N7O. The maximum absolute atomic E-state index is 13.5. The highest BCUT2D eigenvalue weighted by Crippen LogP contribution is 2.31. The van der Waals surface area contributed by atoms with E-state index in [1.54, 1.807) is 26.5 Å². The number of H-pyrrole nitrogens is 1. The molecule has 1 saturated heterocycles. The first-order valence-electron chi connectivity index (χ1n) is 11.5. The Morgan fingerprint density at radius 1 is 1.06 bits per heavy atom. The van der Waals surface area contributed by atoms with E-state index in [2.05, 4.69) is 30.1 Å². The lowest BCUT2D eigenvalue weighted by Gasteiger charge is -2.35. The lowest BCUT2D eigenvalue weighted by atomic mass is 10.1. The van der Waals surface area contributed by atoms with Gasteiger partial charge in [-0.2, -0.15) is 0 Å². The average molecular weight is 480 g/mol. The van der Waals surface area contributed by atoms with Crippen LogP contribution in [-0.4, -0.2) is 77.6 Å². The van der Waals surface area contributed by atoms with E-state index in [4.69, 9.17) is 0 Å². The molecule has 1 aliphatic rings. The molecule has 0 bridgehead atoms. The molecule has 3 heterocycles. The summed E-state index contributed by atoms with van der Waals surface area (Å²) < 4.78 is 26.6. The number of amides is 2. The van der Waals surface area contributed by atoms with Gasteiger partial charge in [-0.05, 0) is 42.3 Å². The topological polar surface area (TPSA) is 80.4 Å². The summed E-state index contributed by atoms with van der Waals surface area (Å²) in [4.78, 5) is 30.6. The molecule has 5 rings (SSSR count). The van der Waals surface area contributed by atoms with Gasteiger partial charge >= 0.3 is 6.03 Å². The van der Waals surface area contributed by atoms with E-state index in [9.17, 15) is 13.6 Å². The predicted molar refractivity (Wildman–Crippen MR) is 133 cm³/mol. The Morgan fingerprint density at radius 2 is 1.86 bits per heavy atom. The number of carbonyl (C=O) groups excluding carboxylic acids is 1. The van der Waals surface area contributed by atoms with Gasteiger partial charge in [0.2, 0.25) is 0 Å². The molecule has 0 radical (unpaired) electrons. The van der Waals surface area contributed by atoms with Crippen LogP contribution in [0.25, 0.3) is 21.9 Å². The second kappa shape index (κ2) is 9.46. The molecule has 35 heavy (non-hydrogen) atoms. The SMILES string of the molecule is CN(C)C(=O)Nc1ccc2[nH]c3c(N4CCN(CCc5ccc(F)c(F)c5)CC4)ncnc3c2c1. The van der Waals surface area contributed by atoms with Crippen LogP contribution in [0.3, 0.4) is 0 Å². The van der Waals surface area contributed by atoms with Gasteiger partial charge in [0.15, 0.2) is 17.5 Å². The molecule has 0 saturated carbocycles. The minimum Gasteiger partial charge on any atom is -0.352 e. The molecule has 2 amide bonds. The number of nitrogens with zero attached hydrogens (tertiary/aromatic N) is 5. The van der Waals surface area contributed by atoms with E-state index >= 15 is 0 Å². The smallest absolute Gasteiger partial charge is 0.321 e. The Morgan fingerprint density at radius 3 is 2.60 bits per heavy atom. The third-order valence-corrected chi connectivity index (χ3v) is 6.39. The number of fused-ring (bicyclic) bond motifs is 3. The maximum atomic E-state index is 13.5. The van der Waals surface area contributed by atoms with Crippen molar-refractivity contribution in [2.24, 2.45) is 0 Å². The van der Waals surface area contributed by atoms with Crippen molar-refractivity contribution in [1.82, 2.24) is 24.8 Å². The highest BCUT2D eigenvalue weighted by atomic mass is 19.2. The number of hydrogen-bond acceptors (Lipinski definition) is 5. The van der Waals surface area contributed by atoms with Crippen molar-refractivity contribution < 1.29 is 13.6 Å². The van der Waals surface area contributed by atoms with Crippen molar-refractivity contribution in [3.05, 3.63) is 59.9 Å². The average Bonchev–Trinajstić information content (AvgIpc) is 3.23. The number of benzene rings is 2. The number of hydrogen-bond donors (Lipinski definition) is 2. The van der Waals surface area contributed by atoms with Gasteiger partial charge in [-0.15, -0.1) is 0 Å². The predicted octanol–water partition coefficient (Wildman–Crippen LogP) is 3.85. The van der Waals surface area contributed by atoms with E-state index < -0.39 is 11.6 Å². The molecule has 2 N–H and O–H groups in total. The molecule has 0 atom stereocenters. The summed E-state index contributed by atoms with van der Waals surface area (Å²) in [5.74, 6) is -0.763. The van der Waals surface area contributed by atoms with Crippen molar-refractivity contribution in [2.45, 2.75) is 6.42 Å². The van der Waals surface area contributed by atoms with Crippen LogP contribution in [0.1, 0.15) is 5.56 Å². The molecule has 2 aromatic heterocycles. The van der Waals surface area contributed by atoms with Crippen LogP contribution in [0.4, 0.5) is 25.1 Å². The lowest BCUT2D eigenvalue weighted by Crippen LogP contribution is -2.47. The Balaban J connectivity index is 1.29. The van der Waals surface area contributed by atoms with Crippen LogP contribution in [0.2, 0.25) is 0 Å². The molecule has 182 valence electrons. The molecule has 2 aromatic carbocycles. The monoisotopic (exact) mass is 479 g/mol. The number of halogens is 2. The number of piperazine rings is 1. The number of carbonyl (C=O) groups is 1. The second-order valence-corrected chi connectivity index (χ2v) is 8.96. The summed E-state index contributed by atoms with van der Waals surface area (Å²) >= 11 is 0. The minimum atomic E-state index is -0.815. The standard InChI is InChI=1S/C25H27F2N7O/c1-32(2)25(35)30-17-4-6-21-18(14-17)22-23(31-21)24(29-15-28-22)34-11-9-33(10-12-34)8-7-16-3-5-19(26)20(27)13-16/h3-6,13-15,31H,7-12H2,1-2H3,(H,30,35). The van der Waals surface area contributed by atoms with Gasteiger partial charge in [-0.1, -0.05) is 6.07 Å². The summed E-state index contributed by atoms with van der Waals surface area (Å²) in [5, 5.41) is 3.80. The molecule has 0 unspecified atom stereocenters. The first-order chi connectivity index (χ1) is 16.9. The van der Waals surface area contributed by atoms with Gasteiger partial charge in [-0.3, -0.25) is 4.90 Å². The number of anilines is 2. The number of rotatable bonds is 5. The molecule has 1 fully saturated rings. The summed E-state index contributed by atoms with van der Waals surface area (Å²) in [6, 6.07) is 9.61. The first kappa shape index (κ1) is 23.0. The van der Waals surface area contributed by atoms with Gasteiger partial charge in [0.25, 0.3) is 0 Å². The van der Waals surface area contributed by atoms with Gasteiger partial charge < -0.3 is 20.1 Å². The molecule has 0 aliphatic carbocycles. The van der Waals surface area contributed by atoms with E-state index in [1.807, 2.05) is 18.2 Å². The molecule has 10 heteroatoms. The fourth-order valence-electron chi connectivity index (χ4n) is 4.40. The third-order valence-electron chi connectivity index (χ3n) is 6.39. The highest BCUT2D eigenvalue weighted by molar-refractivity contribution is 6.09. The van der Waals surface area contributed by atoms with Gasteiger partial charge in [0.1, 0.15) is 17.4 Å². The number of nitrogens with one attached hydrogen (secondary N) is 2.